The van der Waals surface area contributed by atoms with Gasteiger partial charge in [-0.1, -0.05) is 0 Å². The van der Waals surface area contributed by atoms with E-state index in [9.17, 15) is 18.0 Å². The third-order valence-electron chi connectivity index (χ3n) is 1.08. The Morgan fingerprint density at radius 2 is 2.00 bits per heavy atom. The van der Waals surface area contributed by atoms with Gasteiger partial charge >= 0.3 is 6.18 Å². The summed E-state index contributed by atoms with van der Waals surface area (Å²) >= 11 is 5.09. The zero-order valence-corrected chi connectivity index (χ0v) is 7.00. The Bertz CT molecular complexity index is 148. The number of nitrogens with one attached hydrogen (secondary N) is 1. The summed E-state index contributed by atoms with van der Waals surface area (Å²) < 4.78 is 34.6. The number of carbonyl (C=O) groups is 1. The molecule has 12 heavy (non-hydrogen) atoms. The smallest absolute Gasteiger partial charge is 0.355 e. The number of halogens is 4. The first-order valence-electron chi connectivity index (χ1n) is 3.35. The summed E-state index contributed by atoms with van der Waals surface area (Å²) in [4.78, 5) is 10.4. The van der Waals surface area contributed by atoms with Crippen molar-refractivity contribution in [3.8, 4) is 0 Å². The fraction of sp³-hybridized carbons (Fsp3) is 0.833. The fourth-order valence-corrected chi connectivity index (χ4v) is 0.658. The first-order valence-corrected chi connectivity index (χ1v) is 3.88. The van der Waals surface area contributed by atoms with E-state index in [1.165, 1.54) is 0 Å². The lowest BCUT2D eigenvalue weighted by Crippen LogP contribution is -2.26. The summed E-state index contributed by atoms with van der Waals surface area (Å²) in [5.74, 6) is -0.662. The van der Waals surface area contributed by atoms with Gasteiger partial charge < -0.3 is 5.32 Å². The van der Waals surface area contributed by atoms with Crippen molar-refractivity contribution in [3.05, 3.63) is 0 Å². The highest BCUT2D eigenvalue weighted by molar-refractivity contribution is 6.27. The summed E-state index contributed by atoms with van der Waals surface area (Å²) in [6, 6.07) is 0. The predicted molar refractivity (Wildman–Crippen MR) is 39.0 cm³/mol. The molecule has 72 valence electrons. The molecular formula is C6H9ClF3NO. The van der Waals surface area contributed by atoms with Gasteiger partial charge in [0, 0.05) is 13.0 Å². The van der Waals surface area contributed by atoms with Crippen LogP contribution in [-0.4, -0.2) is 24.5 Å². The van der Waals surface area contributed by atoms with Crippen molar-refractivity contribution in [3.63, 3.8) is 0 Å². The summed E-state index contributed by atoms with van der Waals surface area (Å²) in [6.45, 7) is 0.0189. The lowest BCUT2D eigenvalue weighted by molar-refractivity contribution is -0.136. The number of hydrogen-bond donors (Lipinski definition) is 1. The molecule has 0 saturated heterocycles. The van der Waals surface area contributed by atoms with Crippen molar-refractivity contribution in [1.82, 2.24) is 5.32 Å². The molecule has 0 saturated carbocycles. The zero-order chi connectivity index (χ0) is 9.61. The number of hydrogen-bond acceptors (Lipinski definition) is 1. The SMILES string of the molecule is O=C(CCl)NCCCC(F)(F)F. The molecule has 0 aromatic carbocycles. The van der Waals surface area contributed by atoms with E-state index in [0.29, 0.717) is 0 Å². The maximum absolute atomic E-state index is 11.5. The number of rotatable bonds is 4. The maximum atomic E-state index is 11.5. The average molecular weight is 204 g/mol. The van der Waals surface area contributed by atoms with Crippen LogP contribution in [-0.2, 0) is 4.79 Å². The molecule has 0 atom stereocenters. The fourth-order valence-electron chi connectivity index (χ4n) is 0.564. The van der Waals surface area contributed by atoms with Gasteiger partial charge in [0.15, 0.2) is 0 Å². The van der Waals surface area contributed by atoms with E-state index in [4.69, 9.17) is 11.6 Å². The third-order valence-corrected chi connectivity index (χ3v) is 1.32. The summed E-state index contributed by atoms with van der Waals surface area (Å²) in [6.07, 6.45) is -5.13. The second kappa shape index (κ2) is 5.24. The van der Waals surface area contributed by atoms with Crippen LogP contribution in [0.15, 0.2) is 0 Å². The number of carbonyl (C=O) groups excluding carboxylic acids is 1. The molecule has 2 nitrogen and oxygen atoms in total. The van der Waals surface area contributed by atoms with Crippen molar-refractivity contribution in [2.24, 2.45) is 0 Å². The molecule has 0 aliphatic carbocycles. The Morgan fingerprint density at radius 1 is 1.42 bits per heavy atom. The topological polar surface area (TPSA) is 29.1 Å². The molecule has 1 amide bonds. The van der Waals surface area contributed by atoms with Crippen LogP contribution in [0.5, 0.6) is 0 Å². The lowest BCUT2D eigenvalue weighted by Gasteiger charge is -2.05. The van der Waals surface area contributed by atoms with Crippen LogP contribution >= 0.6 is 11.6 Å². The highest BCUT2D eigenvalue weighted by atomic mass is 35.5. The van der Waals surface area contributed by atoms with Crippen LogP contribution < -0.4 is 5.32 Å². The van der Waals surface area contributed by atoms with Crippen LogP contribution in [0, 0.1) is 0 Å². The highest BCUT2D eigenvalue weighted by Crippen LogP contribution is 2.20. The highest BCUT2D eigenvalue weighted by Gasteiger charge is 2.25. The van der Waals surface area contributed by atoms with Crippen molar-refractivity contribution in [1.29, 1.82) is 0 Å². The minimum atomic E-state index is -4.15. The molecule has 0 bridgehead atoms. The van der Waals surface area contributed by atoms with E-state index >= 15 is 0 Å². The van der Waals surface area contributed by atoms with E-state index in [1.807, 2.05) is 0 Å². The van der Waals surface area contributed by atoms with E-state index in [2.05, 4.69) is 5.32 Å². The summed E-state index contributed by atoms with van der Waals surface area (Å²) in [5.41, 5.74) is 0. The van der Waals surface area contributed by atoms with E-state index in [-0.39, 0.29) is 18.8 Å². The van der Waals surface area contributed by atoms with Gasteiger partial charge in [-0.3, -0.25) is 4.79 Å². The van der Waals surface area contributed by atoms with Crippen LogP contribution in [0.25, 0.3) is 0 Å². The first-order chi connectivity index (χ1) is 5.45. The van der Waals surface area contributed by atoms with Gasteiger partial charge in [-0.15, -0.1) is 11.6 Å². The van der Waals surface area contributed by atoms with Crippen LogP contribution in [0.1, 0.15) is 12.8 Å². The van der Waals surface area contributed by atoms with Gasteiger partial charge in [-0.05, 0) is 6.42 Å². The minimum Gasteiger partial charge on any atom is -0.355 e. The van der Waals surface area contributed by atoms with Crippen LogP contribution in [0.2, 0.25) is 0 Å². The molecule has 0 unspecified atom stereocenters. The summed E-state index contributed by atoms with van der Waals surface area (Å²) in [5, 5.41) is 2.23. The Morgan fingerprint density at radius 3 is 2.42 bits per heavy atom. The number of amides is 1. The predicted octanol–water partition coefficient (Wildman–Crippen LogP) is 1.68. The van der Waals surface area contributed by atoms with E-state index in [0.717, 1.165) is 0 Å². The van der Waals surface area contributed by atoms with Crippen molar-refractivity contribution >= 4 is 17.5 Å². The second-order valence-electron chi connectivity index (χ2n) is 2.20. The minimum absolute atomic E-state index is 0.0189. The summed E-state index contributed by atoms with van der Waals surface area (Å²) in [7, 11) is 0. The maximum Gasteiger partial charge on any atom is 0.389 e. The standard InChI is InChI=1S/C6H9ClF3NO/c7-4-5(12)11-3-1-2-6(8,9)10/h1-4H2,(H,11,12). The monoisotopic (exact) mass is 203 g/mol. The molecule has 0 heterocycles. The molecule has 0 aliphatic rings. The molecule has 0 aliphatic heterocycles. The molecule has 0 radical (unpaired) electrons. The van der Waals surface area contributed by atoms with E-state index < -0.39 is 18.5 Å². The van der Waals surface area contributed by atoms with E-state index in [1.54, 1.807) is 0 Å². The second-order valence-corrected chi connectivity index (χ2v) is 2.47. The Kier molecular flexibility index (Phi) is 5.04. The van der Waals surface area contributed by atoms with Gasteiger partial charge in [0.2, 0.25) is 5.91 Å². The van der Waals surface area contributed by atoms with Gasteiger partial charge in [-0.25, -0.2) is 0 Å². The van der Waals surface area contributed by atoms with Crippen LogP contribution in [0.3, 0.4) is 0 Å². The normalized spacial score (nSPS) is 11.3. The molecule has 1 N–H and O–H groups in total. The van der Waals surface area contributed by atoms with Gasteiger partial charge in [0.25, 0.3) is 0 Å². The molecular weight excluding hydrogens is 195 g/mol. The first kappa shape index (κ1) is 11.6. The van der Waals surface area contributed by atoms with Crippen molar-refractivity contribution in [2.75, 3.05) is 12.4 Å². The van der Waals surface area contributed by atoms with Crippen LogP contribution in [0.4, 0.5) is 13.2 Å². The molecule has 0 fully saturated rings. The van der Waals surface area contributed by atoms with Crippen molar-refractivity contribution < 1.29 is 18.0 Å². The van der Waals surface area contributed by atoms with Gasteiger partial charge in [-0.2, -0.15) is 13.2 Å². The molecule has 0 spiro atoms. The number of alkyl halides is 4. The van der Waals surface area contributed by atoms with Gasteiger partial charge in [0.1, 0.15) is 5.88 Å². The largest absolute Gasteiger partial charge is 0.389 e. The van der Waals surface area contributed by atoms with Crippen molar-refractivity contribution in [2.45, 2.75) is 19.0 Å². The average Bonchev–Trinajstić information content (AvgIpc) is 1.96. The quantitative estimate of drug-likeness (QED) is 0.547. The van der Waals surface area contributed by atoms with Gasteiger partial charge in [0.05, 0.1) is 0 Å². The zero-order valence-electron chi connectivity index (χ0n) is 6.25. The molecule has 0 aromatic rings. The Balaban J connectivity index is 3.28. The molecule has 6 heteroatoms. The third kappa shape index (κ3) is 7.65. The Hall–Kier alpha value is -0.450. The molecule has 0 aromatic heterocycles. The molecule has 0 rings (SSSR count). The Labute approximate surface area is 73.1 Å². The lowest BCUT2D eigenvalue weighted by atomic mass is 10.3.